The molecule has 0 aliphatic carbocycles. The highest BCUT2D eigenvalue weighted by atomic mass is 16.5. The lowest BCUT2D eigenvalue weighted by atomic mass is 9.87. The summed E-state index contributed by atoms with van der Waals surface area (Å²) in [6.07, 6.45) is 1.56. The van der Waals surface area contributed by atoms with E-state index in [0.717, 1.165) is 5.69 Å². The summed E-state index contributed by atoms with van der Waals surface area (Å²) in [5.41, 5.74) is 2.55. The Hall–Kier alpha value is -2.47. The topological polar surface area (TPSA) is 76.1 Å². The normalized spacial score (nSPS) is 11.2. The van der Waals surface area contributed by atoms with Crippen molar-refractivity contribution in [1.29, 1.82) is 0 Å². The van der Waals surface area contributed by atoms with Crippen molar-refractivity contribution < 1.29 is 9.53 Å². The fourth-order valence-corrected chi connectivity index (χ4v) is 2.09. The first-order chi connectivity index (χ1) is 11.4. The molecule has 0 saturated heterocycles. The minimum atomic E-state index is -0.249. The summed E-state index contributed by atoms with van der Waals surface area (Å²) in [5, 5.41) is 5.85. The van der Waals surface area contributed by atoms with Gasteiger partial charge in [0.25, 0.3) is 5.91 Å². The highest BCUT2D eigenvalue weighted by Gasteiger charge is 2.13. The molecule has 1 amide bonds. The van der Waals surface area contributed by atoms with E-state index in [1.165, 1.54) is 5.56 Å². The Bertz CT molecular complexity index is 678. The van der Waals surface area contributed by atoms with Gasteiger partial charge in [0.05, 0.1) is 6.61 Å². The van der Waals surface area contributed by atoms with E-state index in [4.69, 9.17) is 4.74 Å². The van der Waals surface area contributed by atoms with Crippen LogP contribution in [0.5, 0.6) is 0 Å². The first-order valence-electron chi connectivity index (χ1n) is 7.88. The van der Waals surface area contributed by atoms with Gasteiger partial charge < -0.3 is 15.4 Å². The first kappa shape index (κ1) is 17.9. The van der Waals surface area contributed by atoms with Crippen molar-refractivity contribution in [1.82, 2.24) is 15.3 Å². The zero-order valence-corrected chi connectivity index (χ0v) is 14.6. The van der Waals surface area contributed by atoms with Crippen molar-refractivity contribution in [3.05, 3.63) is 47.8 Å². The number of nitrogens with zero attached hydrogens (tertiary/aromatic N) is 2. The van der Waals surface area contributed by atoms with E-state index in [9.17, 15) is 4.79 Å². The van der Waals surface area contributed by atoms with E-state index in [1.807, 2.05) is 12.1 Å². The number of methoxy groups -OCH3 is 1. The molecule has 1 heterocycles. The Morgan fingerprint density at radius 3 is 2.50 bits per heavy atom. The number of rotatable bonds is 6. The van der Waals surface area contributed by atoms with Crippen LogP contribution in [0.2, 0.25) is 0 Å². The molecule has 6 heteroatoms. The summed E-state index contributed by atoms with van der Waals surface area (Å²) < 4.78 is 4.90. The average Bonchev–Trinajstić information content (AvgIpc) is 2.55. The maximum absolute atomic E-state index is 12.0. The summed E-state index contributed by atoms with van der Waals surface area (Å²) in [5.74, 6) is 0.137. The van der Waals surface area contributed by atoms with Gasteiger partial charge in [-0.05, 0) is 29.2 Å². The molecular formula is C18H24N4O2. The monoisotopic (exact) mass is 328 g/mol. The maximum atomic E-state index is 12.0. The van der Waals surface area contributed by atoms with Gasteiger partial charge in [-0.3, -0.25) is 4.79 Å². The van der Waals surface area contributed by atoms with Crippen LogP contribution in [0, 0.1) is 0 Å². The molecule has 0 spiro atoms. The average molecular weight is 328 g/mol. The summed E-state index contributed by atoms with van der Waals surface area (Å²) in [7, 11) is 1.59. The van der Waals surface area contributed by atoms with Gasteiger partial charge in [0.1, 0.15) is 5.69 Å². The molecular weight excluding hydrogens is 304 g/mol. The number of carbonyl (C=O) groups is 1. The Morgan fingerprint density at radius 2 is 1.88 bits per heavy atom. The Morgan fingerprint density at radius 1 is 1.17 bits per heavy atom. The third-order valence-corrected chi connectivity index (χ3v) is 3.49. The quantitative estimate of drug-likeness (QED) is 0.798. The molecule has 1 aromatic carbocycles. The molecule has 2 aromatic rings. The molecule has 0 bridgehead atoms. The lowest BCUT2D eigenvalue weighted by Crippen LogP contribution is -2.27. The standard InChI is InChI=1S/C18H24N4O2/c1-18(2,3)13-5-7-14(8-6-13)21-17-20-10-9-15(22-17)16(23)19-11-12-24-4/h5-10H,11-12H2,1-4H3,(H,19,23)(H,20,21,22). The fourth-order valence-electron chi connectivity index (χ4n) is 2.09. The van der Waals surface area contributed by atoms with Gasteiger partial charge in [-0.2, -0.15) is 0 Å². The fraction of sp³-hybridized carbons (Fsp3) is 0.389. The molecule has 0 aliphatic rings. The van der Waals surface area contributed by atoms with Crippen LogP contribution in [0.15, 0.2) is 36.5 Å². The lowest BCUT2D eigenvalue weighted by molar-refractivity contribution is 0.0932. The lowest BCUT2D eigenvalue weighted by Gasteiger charge is -2.19. The van der Waals surface area contributed by atoms with Crippen molar-refractivity contribution >= 4 is 17.5 Å². The van der Waals surface area contributed by atoms with Gasteiger partial charge in [-0.15, -0.1) is 0 Å². The minimum absolute atomic E-state index is 0.106. The number of benzene rings is 1. The van der Waals surface area contributed by atoms with Gasteiger partial charge in [0, 0.05) is 25.5 Å². The number of carbonyl (C=O) groups excluding carboxylic acids is 1. The van der Waals surface area contributed by atoms with Gasteiger partial charge in [-0.1, -0.05) is 32.9 Å². The molecule has 6 nitrogen and oxygen atoms in total. The van der Waals surface area contributed by atoms with Crippen molar-refractivity contribution in [3.8, 4) is 0 Å². The van der Waals surface area contributed by atoms with Gasteiger partial charge in [-0.25, -0.2) is 9.97 Å². The second-order valence-corrected chi connectivity index (χ2v) is 6.47. The third-order valence-electron chi connectivity index (χ3n) is 3.49. The smallest absolute Gasteiger partial charge is 0.270 e. The number of ether oxygens (including phenoxy) is 1. The van der Waals surface area contributed by atoms with Crippen molar-refractivity contribution in [3.63, 3.8) is 0 Å². The van der Waals surface area contributed by atoms with Crippen LogP contribution in [0.25, 0.3) is 0 Å². The van der Waals surface area contributed by atoms with Crippen LogP contribution < -0.4 is 10.6 Å². The van der Waals surface area contributed by atoms with Crippen molar-refractivity contribution in [2.75, 3.05) is 25.6 Å². The molecule has 0 unspecified atom stereocenters. The van der Waals surface area contributed by atoms with Crippen molar-refractivity contribution in [2.24, 2.45) is 0 Å². The van der Waals surface area contributed by atoms with Crippen LogP contribution in [-0.4, -0.2) is 36.1 Å². The number of amides is 1. The maximum Gasteiger partial charge on any atom is 0.270 e. The molecule has 2 N–H and O–H groups in total. The number of anilines is 2. The van der Waals surface area contributed by atoms with E-state index in [-0.39, 0.29) is 11.3 Å². The summed E-state index contributed by atoms with van der Waals surface area (Å²) >= 11 is 0. The SMILES string of the molecule is COCCNC(=O)c1ccnc(Nc2ccc(C(C)(C)C)cc2)n1. The molecule has 0 radical (unpaired) electrons. The Balaban J connectivity index is 2.05. The van der Waals surface area contributed by atoms with E-state index in [1.54, 1.807) is 19.4 Å². The number of hydrogen-bond donors (Lipinski definition) is 2. The third kappa shape index (κ3) is 5.03. The van der Waals surface area contributed by atoms with E-state index in [2.05, 4.69) is 53.5 Å². The highest BCUT2D eigenvalue weighted by Crippen LogP contribution is 2.24. The van der Waals surface area contributed by atoms with Gasteiger partial charge in [0.15, 0.2) is 0 Å². The highest BCUT2D eigenvalue weighted by molar-refractivity contribution is 5.92. The molecule has 0 atom stereocenters. The predicted octanol–water partition coefficient (Wildman–Crippen LogP) is 2.89. The predicted molar refractivity (Wildman–Crippen MR) is 94.7 cm³/mol. The first-order valence-corrected chi connectivity index (χ1v) is 7.88. The van der Waals surface area contributed by atoms with E-state index >= 15 is 0 Å². The second kappa shape index (κ2) is 7.88. The van der Waals surface area contributed by atoms with Crippen LogP contribution in [-0.2, 0) is 10.2 Å². The molecule has 0 saturated carbocycles. The van der Waals surface area contributed by atoms with Gasteiger partial charge >= 0.3 is 0 Å². The summed E-state index contributed by atoms with van der Waals surface area (Å²) in [4.78, 5) is 20.4. The van der Waals surface area contributed by atoms with Crippen molar-refractivity contribution in [2.45, 2.75) is 26.2 Å². The van der Waals surface area contributed by atoms with E-state index in [0.29, 0.717) is 24.8 Å². The zero-order chi connectivity index (χ0) is 17.6. The molecule has 1 aromatic heterocycles. The van der Waals surface area contributed by atoms with Crippen LogP contribution in [0.1, 0.15) is 36.8 Å². The van der Waals surface area contributed by atoms with Gasteiger partial charge in [0.2, 0.25) is 5.95 Å². The summed E-state index contributed by atoms with van der Waals surface area (Å²) in [6.45, 7) is 7.41. The minimum Gasteiger partial charge on any atom is -0.383 e. The molecule has 24 heavy (non-hydrogen) atoms. The zero-order valence-electron chi connectivity index (χ0n) is 14.6. The van der Waals surface area contributed by atoms with E-state index < -0.39 is 0 Å². The Labute approximate surface area is 142 Å². The largest absolute Gasteiger partial charge is 0.383 e. The Kier molecular flexibility index (Phi) is 5.87. The number of hydrogen-bond acceptors (Lipinski definition) is 5. The molecule has 2 rings (SSSR count). The molecule has 128 valence electrons. The number of nitrogens with one attached hydrogen (secondary N) is 2. The van der Waals surface area contributed by atoms with Crippen LogP contribution in [0.4, 0.5) is 11.6 Å². The van der Waals surface area contributed by atoms with Crippen LogP contribution >= 0.6 is 0 Å². The number of aromatic nitrogens is 2. The summed E-state index contributed by atoms with van der Waals surface area (Å²) in [6, 6.07) is 9.69. The molecule has 0 fully saturated rings. The van der Waals surface area contributed by atoms with Crippen LogP contribution in [0.3, 0.4) is 0 Å². The molecule has 0 aliphatic heterocycles. The second-order valence-electron chi connectivity index (χ2n) is 6.47.